The molecule has 1 rings (SSSR count). The molecule has 7 nitrogen and oxygen atoms in total. The summed E-state index contributed by atoms with van der Waals surface area (Å²) in [6, 6.07) is 1.09. The van der Waals surface area contributed by atoms with Gasteiger partial charge in [-0.3, -0.25) is 10.1 Å². The fourth-order valence-electron chi connectivity index (χ4n) is 1.58. The lowest BCUT2D eigenvalue weighted by Gasteiger charge is -2.27. The van der Waals surface area contributed by atoms with E-state index in [9.17, 15) is 18.5 Å². The highest BCUT2D eigenvalue weighted by Gasteiger charge is 2.31. The number of hydrogen-bond donors (Lipinski definition) is 2. The van der Waals surface area contributed by atoms with Crippen molar-refractivity contribution in [3.8, 4) is 0 Å². The van der Waals surface area contributed by atoms with Gasteiger partial charge in [0, 0.05) is 18.7 Å². The van der Waals surface area contributed by atoms with Crippen molar-refractivity contribution >= 4 is 32.0 Å². The van der Waals surface area contributed by atoms with Crippen LogP contribution in [-0.2, 0) is 10.0 Å². The van der Waals surface area contributed by atoms with E-state index in [2.05, 4.69) is 10.0 Å². The van der Waals surface area contributed by atoms with E-state index in [1.54, 1.807) is 0 Å². The summed E-state index contributed by atoms with van der Waals surface area (Å²) in [7, 11) is -2.24. The van der Waals surface area contributed by atoms with Gasteiger partial charge in [0.1, 0.15) is 4.21 Å². The number of sulfonamides is 1. The number of nitrogens with one attached hydrogen (secondary N) is 2. The topological polar surface area (TPSA) is 101 Å². The lowest BCUT2D eigenvalue weighted by molar-refractivity contribution is -0.383. The molecule has 2 N–H and O–H groups in total. The fraction of sp³-hybridized carbons (Fsp3) is 0.636. The molecule has 0 fully saturated rings. The third-order valence-electron chi connectivity index (χ3n) is 3.32. The summed E-state index contributed by atoms with van der Waals surface area (Å²) in [5.41, 5.74) is -0.787. The zero-order chi connectivity index (χ0) is 15.6. The van der Waals surface area contributed by atoms with Gasteiger partial charge in [-0.1, -0.05) is 25.2 Å². The van der Waals surface area contributed by atoms with Crippen LogP contribution in [0.15, 0.2) is 10.3 Å². The molecule has 0 saturated heterocycles. The molecule has 1 heterocycles. The van der Waals surface area contributed by atoms with Crippen LogP contribution < -0.4 is 10.0 Å². The maximum absolute atomic E-state index is 12.3. The van der Waals surface area contributed by atoms with Gasteiger partial charge in [0.15, 0.2) is 5.00 Å². The summed E-state index contributed by atoms with van der Waals surface area (Å²) < 4.78 is 27.2. The Balaban J connectivity index is 3.20. The zero-order valence-corrected chi connectivity index (χ0v) is 13.5. The molecule has 0 aliphatic heterocycles. The third kappa shape index (κ3) is 3.47. The summed E-state index contributed by atoms with van der Waals surface area (Å²) in [5, 5.41) is 13.7. The van der Waals surface area contributed by atoms with Crippen molar-refractivity contribution < 1.29 is 13.3 Å². The van der Waals surface area contributed by atoms with Gasteiger partial charge < -0.3 is 5.32 Å². The minimum Gasteiger partial charge on any atom is -0.374 e. The Morgan fingerprint density at radius 1 is 1.40 bits per heavy atom. The van der Waals surface area contributed by atoms with Gasteiger partial charge in [-0.2, -0.15) is 0 Å². The van der Waals surface area contributed by atoms with Crippen molar-refractivity contribution in [2.45, 2.75) is 43.4 Å². The summed E-state index contributed by atoms with van der Waals surface area (Å²) in [6.45, 7) is 5.59. The molecule has 1 aromatic heterocycles. The van der Waals surface area contributed by atoms with E-state index in [1.807, 2.05) is 20.8 Å². The predicted molar refractivity (Wildman–Crippen MR) is 79.8 cm³/mol. The smallest absolute Gasteiger partial charge is 0.304 e. The number of hydrogen-bond acceptors (Lipinski definition) is 6. The van der Waals surface area contributed by atoms with Crippen molar-refractivity contribution in [2.75, 3.05) is 12.4 Å². The van der Waals surface area contributed by atoms with Gasteiger partial charge >= 0.3 is 5.69 Å². The van der Waals surface area contributed by atoms with Crippen LogP contribution in [0.25, 0.3) is 0 Å². The minimum absolute atomic E-state index is 0.0540. The van der Waals surface area contributed by atoms with Crippen molar-refractivity contribution in [1.82, 2.24) is 4.72 Å². The Bertz CT molecular complexity index is 591. The van der Waals surface area contributed by atoms with Crippen LogP contribution in [0.1, 0.15) is 33.6 Å². The molecule has 1 aromatic rings. The molecule has 0 amide bonds. The van der Waals surface area contributed by atoms with Crippen LogP contribution in [0.4, 0.5) is 10.7 Å². The van der Waals surface area contributed by atoms with Gasteiger partial charge in [0.25, 0.3) is 10.0 Å². The maximum Gasteiger partial charge on any atom is 0.304 e. The first-order valence-corrected chi connectivity index (χ1v) is 8.49. The van der Waals surface area contributed by atoms with Crippen molar-refractivity contribution in [2.24, 2.45) is 0 Å². The maximum atomic E-state index is 12.3. The summed E-state index contributed by atoms with van der Waals surface area (Å²) in [6.07, 6.45) is 1.27. The summed E-state index contributed by atoms with van der Waals surface area (Å²) in [4.78, 5) is 10.3. The molecule has 0 atom stereocenters. The molecular weight excluding hydrogens is 302 g/mol. The fourth-order valence-corrected chi connectivity index (χ4v) is 4.41. The molecule has 0 aliphatic rings. The van der Waals surface area contributed by atoms with E-state index in [4.69, 9.17) is 0 Å². The van der Waals surface area contributed by atoms with E-state index in [1.165, 1.54) is 7.05 Å². The van der Waals surface area contributed by atoms with Crippen molar-refractivity contribution in [3.05, 3.63) is 16.2 Å². The predicted octanol–water partition coefficient (Wildman–Crippen LogP) is 2.56. The van der Waals surface area contributed by atoms with E-state index in [0.717, 1.165) is 17.4 Å². The Labute approximate surface area is 122 Å². The molecule has 114 valence electrons. The molecular formula is C11H19N3O4S2. The van der Waals surface area contributed by atoms with E-state index >= 15 is 0 Å². The van der Waals surface area contributed by atoms with Crippen molar-refractivity contribution in [1.29, 1.82) is 0 Å². The normalized spacial score (nSPS) is 12.4. The molecule has 20 heavy (non-hydrogen) atoms. The summed E-state index contributed by atoms with van der Waals surface area (Å²) >= 11 is 0.853. The second kappa shape index (κ2) is 6.06. The van der Waals surface area contributed by atoms with Crippen LogP contribution in [0.2, 0.25) is 0 Å². The van der Waals surface area contributed by atoms with Gasteiger partial charge in [-0.25, -0.2) is 13.1 Å². The monoisotopic (exact) mass is 321 g/mol. The molecule has 0 radical (unpaired) electrons. The molecule has 0 bridgehead atoms. The van der Waals surface area contributed by atoms with E-state index in [0.29, 0.717) is 12.8 Å². The minimum atomic E-state index is -3.76. The van der Waals surface area contributed by atoms with Gasteiger partial charge in [-0.15, -0.1) is 0 Å². The lowest BCUT2D eigenvalue weighted by Crippen LogP contribution is -2.44. The van der Waals surface area contributed by atoms with Crippen LogP contribution in [0.3, 0.4) is 0 Å². The molecule has 0 aromatic carbocycles. The van der Waals surface area contributed by atoms with Gasteiger partial charge in [-0.05, 0) is 19.8 Å². The van der Waals surface area contributed by atoms with E-state index in [-0.39, 0.29) is 14.9 Å². The highest BCUT2D eigenvalue weighted by molar-refractivity contribution is 7.91. The first-order valence-electron chi connectivity index (χ1n) is 6.19. The molecule has 0 aliphatic carbocycles. The van der Waals surface area contributed by atoms with Crippen molar-refractivity contribution in [3.63, 3.8) is 0 Å². The SMILES string of the molecule is CCC(C)(CC)NS(=O)(=O)c1cc([N+](=O)[O-])c(NC)s1. The quantitative estimate of drug-likeness (QED) is 0.593. The van der Waals surface area contributed by atoms with Crippen LogP contribution in [-0.4, -0.2) is 25.9 Å². The van der Waals surface area contributed by atoms with E-state index < -0.39 is 20.5 Å². The largest absolute Gasteiger partial charge is 0.374 e. The first kappa shape index (κ1) is 16.9. The Hall–Kier alpha value is -1.19. The van der Waals surface area contributed by atoms with Gasteiger partial charge in [0.05, 0.1) is 4.92 Å². The average Bonchev–Trinajstić information content (AvgIpc) is 2.83. The number of thiophene rings is 1. The Morgan fingerprint density at radius 3 is 2.30 bits per heavy atom. The highest BCUT2D eigenvalue weighted by Crippen LogP contribution is 2.37. The lowest BCUT2D eigenvalue weighted by atomic mass is 9.98. The molecule has 0 spiro atoms. The number of nitrogens with zero attached hydrogens (tertiary/aromatic N) is 1. The molecule has 9 heteroatoms. The van der Waals surface area contributed by atoms with Crippen LogP contribution in [0, 0.1) is 10.1 Å². The second-order valence-corrected chi connectivity index (χ2v) is 7.62. The zero-order valence-electron chi connectivity index (χ0n) is 11.9. The van der Waals surface area contributed by atoms with Crippen LogP contribution >= 0.6 is 11.3 Å². The standard InChI is InChI=1S/C11H19N3O4S2/c1-5-11(3,6-2)13-20(17,18)9-7-8(14(15)16)10(12-4)19-9/h7,12-13H,5-6H2,1-4H3. The summed E-state index contributed by atoms with van der Waals surface area (Å²) in [5.74, 6) is 0. The Morgan fingerprint density at radius 2 is 1.95 bits per heavy atom. The first-order chi connectivity index (χ1) is 9.19. The molecule has 0 saturated carbocycles. The number of rotatable bonds is 7. The third-order valence-corrected chi connectivity index (χ3v) is 6.57. The molecule has 0 unspecified atom stereocenters. The van der Waals surface area contributed by atoms with Gasteiger partial charge in [0.2, 0.25) is 0 Å². The number of anilines is 1. The second-order valence-electron chi connectivity index (χ2n) is 4.66. The highest BCUT2D eigenvalue weighted by atomic mass is 32.2. The average molecular weight is 321 g/mol. The number of nitro groups is 1. The Kier molecular flexibility index (Phi) is 5.11. The van der Waals surface area contributed by atoms with Crippen LogP contribution in [0.5, 0.6) is 0 Å².